The lowest BCUT2D eigenvalue weighted by Crippen LogP contribution is -2.08. The van der Waals surface area contributed by atoms with Crippen LogP contribution in [0.1, 0.15) is 30.6 Å². The molecule has 0 aromatic heterocycles. The van der Waals surface area contributed by atoms with Crippen molar-refractivity contribution in [2.24, 2.45) is 0 Å². The Labute approximate surface area is 116 Å². The van der Waals surface area contributed by atoms with Crippen molar-refractivity contribution >= 4 is 5.97 Å². The first-order valence-electron chi connectivity index (χ1n) is 6.29. The van der Waals surface area contributed by atoms with E-state index in [2.05, 4.69) is 4.74 Å². The van der Waals surface area contributed by atoms with Gasteiger partial charge in [0.05, 0.1) is 26.2 Å². The Bertz CT molecular complexity index is 474. The fourth-order valence-electron chi connectivity index (χ4n) is 1.48. The highest BCUT2D eigenvalue weighted by molar-refractivity contribution is 5.90. The molecule has 0 N–H and O–H groups in total. The van der Waals surface area contributed by atoms with Crippen molar-refractivity contribution in [2.75, 3.05) is 14.2 Å². The van der Waals surface area contributed by atoms with Crippen LogP contribution in [-0.2, 0) is 4.74 Å². The van der Waals surface area contributed by atoms with Crippen molar-refractivity contribution in [1.82, 2.24) is 0 Å². The average molecular weight is 288 g/mol. The molecule has 1 aliphatic rings. The molecule has 0 heterocycles. The predicted octanol–water partition coefficient (Wildman–Crippen LogP) is 3.29. The van der Waals surface area contributed by atoms with Gasteiger partial charge < -0.3 is 14.2 Å². The third-order valence-corrected chi connectivity index (χ3v) is 2.62. The number of methoxy groups -OCH3 is 2. The second-order valence-corrected chi connectivity index (χ2v) is 3.93. The van der Waals surface area contributed by atoms with Gasteiger partial charge in [0.2, 0.25) is 0 Å². The fourth-order valence-corrected chi connectivity index (χ4v) is 1.48. The Morgan fingerprint density at radius 1 is 1.25 bits per heavy atom. The molecule has 1 aliphatic carbocycles. The molecule has 0 amide bonds. The third kappa shape index (κ3) is 3.59. The highest BCUT2D eigenvalue weighted by Crippen LogP contribution is 2.46. The monoisotopic (exact) mass is 288 g/mol. The first kappa shape index (κ1) is 16.2. The fraction of sp³-hybridized carbons (Fsp3) is 0.500. The van der Waals surface area contributed by atoms with Crippen molar-refractivity contribution < 1.29 is 27.8 Å². The zero-order chi connectivity index (χ0) is 15.3. The maximum Gasteiger partial charge on any atom is 0.337 e. The van der Waals surface area contributed by atoms with E-state index in [1.54, 1.807) is 0 Å². The van der Waals surface area contributed by atoms with Gasteiger partial charge in [-0.2, -0.15) is 0 Å². The summed E-state index contributed by atoms with van der Waals surface area (Å²) >= 11 is 0. The van der Waals surface area contributed by atoms with E-state index in [0.29, 0.717) is 0 Å². The summed E-state index contributed by atoms with van der Waals surface area (Å²) in [6.07, 6.45) is -1.41. The maximum atomic E-state index is 12.7. The molecular weight excluding hydrogens is 270 g/mol. The summed E-state index contributed by atoms with van der Waals surface area (Å²) in [4.78, 5) is 11.3. The van der Waals surface area contributed by atoms with Crippen LogP contribution in [0.2, 0.25) is 0 Å². The molecule has 0 aliphatic heterocycles. The van der Waals surface area contributed by atoms with Crippen molar-refractivity contribution in [3.63, 3.8) is 0 Å². The standard InChI is InChI=1S/C12H12F2O4.C2H6/c1-16-9-5-7(11(15)17-2)3-4-8(9)18-10-6-12(10,13)14;1-2/h3-5,10H,6H2,1-2H3;1-2H3. The van der Waals surface area contributed by atoms with E-state index in [1.807, 2.05) is 13.8 Å². The highest BCUT2D eigenvalue weighted by Gasteiger charge is 2.60. The largest absolute Gasteiger partial charge is 0.493 e. The van der Waals surface area contributed by atoms with Gasteiger partial charge in [0.15, 0.2) is 17.6 Å². The lowest BCUT2D eigenvalue weighted by Gasteiger charge is -2.11. The number of hydrogen-bond donors (Lipinski definition) is 0. The van der Waals surface area contributed by atoms with Gasteiger partial charge in [-0.15, -0.1) is 0 Å². The zero-order valence-corrected chi connectivity index (χ0v) is 11.9. The van der Waals surface area contributed by atoms with E-state index in [9.17, 15) is 13.6 Å². The second kappa shape index (κ2) is 6.54. The van der Waals surface area contributed by atoms with Crippen LogP contribution in [0, 0.1) is 0 Å². The summed E-state index contributed by atoms with van der Waals surface area (Å²) in [6, 6.07) is 4.24. The number of esters is 1. The Hall–Kier alpha value is -1.85. The summed E-state index contributed by atoms with van der Waals surface area (Å²) in [7, 11) is 2.62. The van der Waals surface area contributed by atoms with Crippen molar-refractivity contribution in [2.45, 2.75) is 32.3 Å². The van der Waals surface area contributed by atoms with E-state index in [-0.39, 0.29) is 23.5 Å². The molecule has 2 rings (SSSR count). The van der Waals surface area contributed by atoms with E-state index in [4.69, 9.17) is 9.47 Å². The molecule has 1 unspecified atom stereocenters. The van der Waals surface area contributed by atoms with Gasteiger partial charge in [0.1, 0.15) is 0 Å². The topological polar surface area (TPSA) is 44.8 Å². The molecule has 20 heavy (non-hydrogen) atoms. The first-order chi connectivity index (χ1) is 9.47. The normalized spacial score (nSPS) is 18.4. The quantitative estimate of drug-likeness (QED) is 0.797. The van der Waals surface area contributed by atoms with Crippen molar-refractivity contribution in [3.8, 4) is 11.5 Å². The van der Waals surface area contributed by atoms with E-state index in [0.717, 1.165) is 0 Å². The molecule has 4 nitrogen and oxygen atoms in total. The zero-order valence-electron chi connectivity index (χ0n) is 11.9. The number of ether oxygens (including phenoxy) is 3. The van der Waals surface area contributed by atoms with Gasteiger partial charge in [-0.05, 0) is 18.2 Å². The third-order valence-electron chi connectivity index (χ3n) is 2.62. The van der Waals surface area contributed by atoms with E-state index >= 15 is 0 Å². The maximum absolute atomic E-state index is 12.7. The summed E-state index contributed by atoms with van der Waals surface area (Å²) in [5.74, 6) is -2.89. The number of carbonyl (C=O) groups excluding carboxylic acids is 1. The highest BCUT2D eigenvalue weighted by atomic mass is 19.3. The molecule has 0 saturated heterocycles. The smallest absolute Gasteiger partial charge is 0.337 e. The van der Waals surface area contributed by atoms with Gasteiger partial charge in [0.25, 0.3) is 5.92 Å². The Morgan fingerprint density at radius 3 is 2.30 bits per heavy atom. The van der Waals surface area contributed by atoms with Crippen LogP contribution in [0.3, 0.4) is 0 Å². The summed E-state index contributed by atoms with van der Waals surface area (Å²) in [6.45, 7) is 4.00. The lowest BCUT2D eigenvalue weighted by atomic mass is 10.2. The molecule has 1 aromatic rings. The second-order valence-electron chi connectivity index (χ2n) is 3.93. The number of alkyl halides is 2. The minimum Gasteiger partial charge on any atom is -0.493 e. The minimum atomic E-state index is -2.77. The van der Waals surface area contributed by atoms with Crippen LogP contribution in [-0.4, -0.2) is 32.2 Å². The van der Waals surface area contributed by atoms with Crippen LogP contribution >= 0.6 is 0 Å². The number of hydrogen-bond acceptors (Lipinski definition) is 4. The van der Waals surface area contributed by atoms with E-state index in [1.165, 1.54) is 32.4 Å². The summed E-state index contributed by atoms with van der Waals surface area (Å²) < 4.78 is 40.1. The molecule has 6 heteroatoms. The number of benzene rings is 1. The molecule has 112 valence electrons. The molecule has 0 spiro atoms. The van der Waals surface area contributed by atoms with Crippen LogP contribution < -0.4 is 9.47 Å². The Balaban J connectivity index is 0.000000956. The molecule has 1 saturated carbocycles. The van der Waals surface area contributed by atoms with Crippen molar-refractivity contribution in [1.29, 1.82) is 0 Å². The number of carbonyl (C=O) groups is 1. The number of rotatable bonds is 4. The molecule has 1 atom stereocenters. The van der Waals surface area contributed by atoms with Crippen LogP contribution in [0.25, 0.3) is 0 Å². The minimum absolute atomic E-state index is 0.187. The van der Waals surface area contributed by atoms with Gasteiger partial charge in [0, 0.05) is 0 Å². The Kier molecular flexibility index (Phi) is 5.30. The molecule has 0 bridgehead atoms. The first-order valence-corrected chi connectivity index (χ1v) is 6.29. The molecule has 1 aromatic carbocycles. The van der Waals surface area contributed by atoms with Crippen LogP contribution in [0.5, 0.6) is 11.5 Å². The summed E-state index contributed by atoms with van der Waals surface area (Å²) in [5.41, 5.74) is 0.268. The SMILES string of the molecule is CC.COC(=O)c1ccc(OC2CC2(F)F)c(OC)c1. The molecule has 1 fully saturated rings. The summed E-state index contributed by atoms with van der Waals surface area (Å²) in [5, 5.41) is 0. The van der Waals surface area contributed by atoms with Crippen molar-refractivity contribution in [3.05, 3.63) is 23.8 Å². The van der Waals surface area contributed by atoms with Gasteiger partial charge >= 0.3 is 5.97 Å². The Morgan fingerprint density at radius 2 is 1.85 bits per heavy atom. The lowest BCUT2D eigenvalue weighted by molar-refractivity contribution is 0.0596. The van der Waals surface area contributed by atoms with Gasteiger partial charge in [-0.3, -0.25) is 0 Å². The van der Waals surface area contributed by atoms with Crippen LogP contribution in [0.4, 0.5) is 8.78 Å². The van der Waals surface area contributed by atoms with Gasteiger partial charge in [-0.1, -0.05) is 13.8 Å². The van der Waals surface area contributed by atoms with Gasteiger partial charge in [-0.25, -0.2) is 13.6 Å². The number of halogens is 2. The van der Waals surface area contributed by atoms with E-state index < -0.39 is 18.0 Å². The molecule has 0 radical (unpaired) electrons. The predicted molar refractivity (Wildman–Crippen MR) is 69.7 cm³/mol. The average Bonchev–Trinajstić information content (AvgIpc) is 3.07. The molecular formula is C14H18F2O4. The van der Waals surface area contributed by atoms with Crippen LogP contribution in [0.15, 0.2) is 18.2 Å².